The molecule has 1 amide bonds. The van der Waals surface area contributed by atoms with Gasteiger partial charge in [-0.25, -0.2) is 4.79 Å². The third kappa shape index (κ3) is 8.75. The third-order valence-corrected chi connectivity index (χ3v) is 4.76. The van der Waals surface area contributed by atoms with Crippen molar-refractivity contribution in [3.63, 3.8) is 0 Å². The van der Waals surface area contributed by atoms with Crippen molar-refractivity contribution in [2.24, 2.45) is 5.92 Å². The molecule has 1 aromatic rings. The van der Waals surface area contributed by atoms with E-state index in [0.717, 1.165) is 31.4 Å². The molecular formula is C23H35NO5. The van der Waals surface area contributed by atoms with Crippen LogP contribution < -0.4 is 10.1 Å². The molecule has 1 aliphatic carbocycles. The molecule has 0 saturated carbocycles. The molecule has 0 spiro atoms. The van der Waals surface area contributed by atoms with Crippen molar-refractivity contribution in [1.29, 1.82) is 0 Å². The Hall–Kier alpha value is -2.24. The molecule has 1 unspecified atom stereocenters. The van der Waals surface area contributed by atoms with Crippen molar-refractivity contribution in [1.82, 2.24) is 5.32 Å². The fraction of sp³-hybridized carbons (Fsp3) is 0.652. The third-order valence-electron chi connectivity index (χ3n) is 4.76. The molecular weight excluding hydrogens is 370 g/mol. The van der Waals surface area contributed by atoms with Crippen molar-refractivity contribution in [3.05, 3.63) is 29.3 Å². The van der Waals surface area contributed by atoms with Crippen LogP contribution in [0.25, 0.3) is 0 Å². The Morgan fingerprint density at radius 3 is 2.72 bits per heavy atom. The summed E-state index contributed by atoms with van der Waals surface area (Å²) in [6.45, 7) is 8.81. The lowest BCUT2D eigenvalue weighted by Crippen LogP contribution is -2.33. The minimum Gasteiger partial charge on any atom is -0.494 e. The van der Waals surface area contributed by atoms with Crippen LogP contribution in [0, 0.1) is 5.92 Å². The van der Waals surface area contributed by atoms with Gasteiger partial charge in [0.05, 0.1) is 13.2 Å². The van der Waals surface area contributed by atoms with Gasteiger partial charge >= 0.3 is 12.1 Å². The number of hydrogen-bond donors (Lipinski definition) is 1. The lowest BCUT2D eigenvalue weighted by molar-refractivity contribution is -0.144. The van der Waals surface area contributed by atoms with Crippen molar-refractivity contribution in [3.8, 4) is 5.75 Å². The summed E-state index contributed by atoms with van der Waals surface area (Å²) in [5.74, 6) is 1.05. The van der Waals surface area contributed by atoms with Crippen LogP contribution in [-0.4, -0.2) is 37.4 Å². The largest absolute Gasteiger partial charge is 0.494 e. The molecule has 0 saturated heterocycles. The lowest BCUT2D eigenvalue weighted by Gasteiger charge is -2.19. The van der Waals surface area contributed by atoms with Crippen LogP contribution in [0.3, 0.4) is 0 Å². The van der Waals surface area contributed by atoms with Crippen LogP contribution in [0.1, 0.15) is 64.5 Å². The number of carbonyl (C=O) groups is 2. The van der Waals surface area contributed by atoms with E-state index >= 15 is 0 Å². The number of carbonyl (C=O) groups excluding carboxylic acids is 2. The average Bonchev–Trinajstić information content (AvgIpc) is 2.81. The van der Waals surface area contributed by atoms with Crippen LogP contribution in [0.4, 0.5) is 4.79 Å². The summed E-state index contributed by atoms with van der Waals surface area (Å²) >= 11 is 0. The van der Waals surface area contributed by atoms with Crippen LogP contribution in [-0.2, 0) is 27.1 Å². The number of esters is 1. The molecule has 1 atom stereocenters. The molecule has 1 aliphatic rings. The van der Waals surface area contributed by atoms with Gasteiger partial charge in [-0.05, 0) is 89.0 Å². The molecule has 0 aliphatic heterocycles. The SMILES string of the molecule is CCOC(=O)CC1CCCc2ccc(OCCCNC(=O)OC(C)(C)C)cc2C1. The molecule has 162 valence electrons. The molecule has 6 nitrogen and oxygen atoms in total. The molecule has 1 aromatic carbocycles. The van der Waals surface area contributed by atoms with Gasteiger partial charge < -0.3 is 19.5 Å². The number of hydrogen-bond acceptors (Lipinski definition) is 5. The van der Waals surface area contributed by atoms with E-state index in [1.165, 1.54) is 11.1 Å². The maximum absolute atomic E-state index is 11.8. The first-order valence-electron chi connectivity index (χ1n) is 10.6. The number of ether oxygens (including phenoxy) is 3. The Bertz CT molecular complexity index is 680. The zero-order valence-corrected chi connectivity index (χ0v) is 18.2. The topological polar surface area (TPSA) is 73.9 Å². The predicted molar refractivity (Wildman–Crippen MR) is 112 cm³/mol. The Morgan fingerprint density at radius 2 is 2.00 bits per heavy atom. The maximum atomic E-state index is 11.8. The number of benzene rings is 1. The minimum absolute atomic E-state index is 0.106. The van der Waals surface area contributed by atoms with E-state index in [2.05, 4.69) is 17.4 Å². The van der Waals surface area contributed by atoms with E-state index in [0.29, 0.717) is 38.5 Å². The van der Waals surface area contributed by atoms with Crippen molar-refractivity contribution < 1.29 is 23.8 Å². The number of nitrogens with one attached hydrogen (secondary N) is 1. The zero-order chi connectivity index (χ0) is 21.3. The van der Waals surface area contributed by atoms with E-state index in [4.69, 9.17) is 14.2 Å². The summed E-state index contributed by atoms with van der Waals surface area (Å²) in [4.78, 5) is 23.5. The summed E-state index contributed by atoms with van der Waals surface area (Å²) in [7, 11) is 0. The number of alkyl carbamates (subject to hydrolysis) is 1. The smallest absolute Gasteiger partial charge is 0.407 e. The molecule has 0 bridgehead atoms. The highest BCUT2D eigenvalue weighted by Crippen LogP contribution is 2.29. The van der Waals surface area contributed by atoms with E-state index in [9.17, 15) is 9.59 Å². The number of amides is 1. The van der Waals surface area contributed by atoms with Gasteiger partial charge in [0.15, 0.2) is 0 Å². The summed E-state index contributed by atoms with van der Waals surface area (Å²) in [5.41, 5.74) is 2.12. The minimum atomic E-state index is -0.492. The van der Waals surface area contributed by atoms with Gasteiger partial charge in [0, 0.05) is 13.0 Å². The summed E-state index contributed by atoms with van der Waals surface area (Å²) in [5, 5.41) is 2.73. The summed E-state index contributed by atoms with van der Waals surface area (Å²) < 4.78 is 16.2. The lowest BCUT2D eigenvalue weighted by atomic mass is 9.94. The molecule has 0 heterocycles. The van der Waals surface area contributed by atoms with Gasteiger partial charge in [-0.15, -0.1) is 0 Å². The monoisotopic (exact) mass is 405 g/mol. The molecule has 0 fully saturated rings. The summed E-state index contributed by atoms with van der Waals surface area (Å²) in [6, 6.07) is 6.24. The van der Waals surface area contributed by atoms with E-state index in [1.807, 2.05) is 33.8 Å². The number of fused-ring (bicyclic) bond motifs is 1. The molecule has 2 rings (SSSR count). The average molecular weight is 406 g/mol. The van der Waals surface area contributed by atoms with Crippen LogP contribution in [0.15, 0.2) is 18.2 Å². The Balaban J connectivity index is 1.80. The highest BCUT2D eigenvalue weighted by Gasteiger charge is 2.20. The van der Waals surface area contributed by atoms with Gasteiger partial charge in [-0.3, -0.25) is 4.79 Å². The van der Waals surface area contributed by atoms with Crippen LogP contribution in [0.5, 0.6) is 5.75 Å². The summed E-state index contributed by atoms with van der Waals surface area (Å²) in [6.07, 6.45) is 4.82. The zero-order valence-electron chi connectivity index (χ0n) is 18.2. The first-order chi connectivity index (χ1) is 13.8. The second kappa shape index (κ2) is 11.1. The maximum Gasteiger partial charge on any atom is 0.407 e. The van der Waals surface area contributed by atoms with Gasteiger partial charge in [0.2, 0.25) is 0 Å². The quantitative estimate of drug-likeness (QED) is 0.393. The first kappa shape index (κ1) is 23.0. The normalized spacial score (nSPS) is 16.3. The first-order valence-corrected chi connectivity index (χ1v) is 10.6. The Morgan fingerprint density at radius 1 is 1.21 bits per heavy atom. The molecule has 6 heteroatoms. The predicted octanol–water partition coefficient (Wildman–Crippen LogP) is 4.43. The van der Waals surface area contributed by atoms with E-state index in [-0.39, 0.29) is 5.97 Å². The van der Waals surface area contributed by atoms with Gasteiger partial charge in [0.25, 0.3) is 0 Å². The van der Waals surface area contributed by atoms with E-state index < -0.39 is 11.7 Å². The molecule has 1 N–H and O–H groups in total. The van der Waals surface area contributed by atoms with Crippen molar-refractivity contribution in [2.45, 2.75) is 71.8 Å². The van der Waals surface area contributed by atoms with Crippen molar-refractivity contribution >= 4 is 12.1 Å². The standard InChI is InChI=1S/C23H35NO5/c1-5-27-21(25)15-17-8-6-9-18-10-11-20(16-19(18)14-17)28-13-7-12-24-22(26)29-23(2,3)4/h10-11,16-17H,5-9,12-15H2,1-4H3,(H,24,26). The number of aryl methyl sites for hydroxylation is 1. The van der Waals surface area contributed by atoms with Crippen LogP contribution >= 0.6 is 0 Å². The van der Waals surface area contributed by atoms with Crippen LogP contribution in [0.2, 0.25) is 0 Å². The van der Waals surface area contributed by atoms with Gasteiger partial charge in [-0.1, -0.05) is 6.07 Å². The van der Waals surface area contributed by atoms with Gasteiger partial charge in [-0.2, -0.15) is 0 Å². The van der Waals surface area contributed by atoms with Gasteiger partial charge in [0.1, 0.15) is 11.4 Å². The fourth-order valence-corrected chi connectivity index (χ4v) is 3.52. The number of rotatable bonds is 8. The molecule has 0 radical (unpaired) electrons. The highest BCUT2D eigenvalue weighted by molar-refractivity contribution is 5.69. The Labute approximate surface area is 174 Å². The highest BCUT2D eigenvalue weighted by atomic mass is 16.6. The van der Waals surface area contributed by atoms with Crippen molar-refractivity contribution in [2.75, 3.05) is 19.8 Å². The molecule has 0 aromatic heterocycles. The van der Waals surface area contributed by atoms with E-state index in [1.54, 1.807) is 0 Å². The fourth-order valence-electron chi connectivity index (χ4n) is 3.52. The Kier molecular flexibility index (Phi) is 8.80. The molecule has 29 heavy (non-hydrogen) atoms. The second-order valence-electron chi connectivity index (χ2n) is 8.53. The second-order valence-corrected chi connectivity index (χ2v) is 8.53.